The highest BCUT2D eigenvalue weighted by Gasteiger charge is 2.15. The molecule has 2 amide bonds. The number of benzene rings is 2. The Morgan fingerprint density at radius 2 is 1.71 bits per heavy atom. The van der Waals surface area contributed by atoms with Crippen molar-refractivity contribution in [3.05, 3.63) is 70.1 Å². The molecule has 0 unspecified atom stereocenters. The van der Waals surface area contributed by atoms with Gasteiger partial charge < -0.3 is 19.8 Å². The summed E-state index contributed by atoms with van der Waals surface area (Å²) in [6, 6.07) is 12.6. The summed E-state index contributed by atoms with van der Waals surface area (Å²) >= 11 is 0. The number of nitrogens with one attached hydrogen (secondary N) is 2. The number of hydrogen-bond donors (Lipinski definition) is 2. The predicted octanol–water partition coefficient (Wildman–Crippen LogP) is 3.19. The summed E-state index contributed by atoms with van der Waals surface area (Å²) in [5.74, 6) is -0.125. The third-order valence-corrected chi connectivity index (χ3v) is 3.96. The molecule has 144 valence electrons. The van der Waals surface area contributed by atoms with Crippen molar-refractivity contribution in [2.75, 3.05) is 12.4 Å². The van der Waals surface area contributed by atoms with E-state index in [9.17, 15) is 14.4 Å². The number of fused-ring (bicyclic) bond motifs is 1. The molecule has 0 bridgehead atoms. The first-order valence-corrected chi connectivity index (χ1v) is 8.75. The molecule has 28 heavy (non-hydrogen) atoms. The van der Waals surface area contributed by atoms with Crippen LogP contribution in [0.4, 0.5) is 5.69 Å². The summed E-state index contributed by atoms with van der Waals surface area (Å²) in [6.07, 6.45) is -0.0339. The number of carbonyl (C=O) groups is 2. The molecule has 0 aliphatic carbocycles. The van der Waals surface area contributed by atoms with Crippen LogP contribution in [-0.2, 0) is 0 Å². The lowest BCUT2D eigenvalue weighted by Gasteiger charge is -2.11. The fourth-order valence-corrected chi connectivity index (χ4v) is 2.72. The minimum absolute atomic E-state index is 0.0339. The lowest BCUT2D eigenvalue weighted by Crippen LogP contribution is -2.18. The zero-order chi connectivity index (χ0) is 20.3. The van der Waals surface area contributed by atoms with Gasteiger partial charge in [0.15, 0.2) is 0 Å². The van der Waals surface area contributed by atoms with E-state index in [2.05, 4.69) is 10.6 Å². The smallest absolute Gasteiger partial charge is 0.337 e. The summed E-state index contributed by atoms with van der Waals surface area (Å²) in [5, 5.41) is 5.75. The monoisotopic (exact) mass is 380 g/mol. The van der Waals surface area contributed by atoms with Gasteiger partial charge >= 0.3 is 5.63 Å². The first-order valence-electron chi connectivity index (χ1n) is 8.75. The third-order valence-electron chi connectivity index (χ3n) is 3.96. The Morgan fingerprint density at radius 3 is 2.36 bits per heavy atom. The van der Waals surface area contributed by atoms with Gasteiger partial charge in [-0.1, -0.05) is 0 Å². The van der Waals surface area contributed by atoms with Crippen molar-refractivity contribution >= 4 is 28.5 Å². The molecular weight excluding hydrogens is 360 g/mol. The molecule has 3 rings (SSSR count). The van der Waals surface area contributed by atoms with E-state index in [-0.39, 0.29) is 23.2 Å². The summed E-state index contributed by atoms with van der Waals surface area (Å²) in [5.41, 5.74) is 0.806. The van der Waals surface area contributed by atoms with Crippen LogP contribution in [0, 0.1) is 0 Å². The molecule has 0 saturated carbocycles. The van der Waals surface area contributed by atoms with Gasteiger partial charge in [0.2, 0.25) is 0 Å². The number of ether oxygens (including phenoxy) is 1. The van der Waals surface area contributed by atoms with Gasteiger partial charge in [-0.25, -0.2) is 4.79 Å². The van der Waals surface area contributed by atoms with Crippen molar-refractivity contribution in [1.82, 2.24) is 5.32 Å². The number of anilines is 1. The lowest BCUT2D eigenvalue weighted by atomic mass is 10.1. The van der Waals surface area contributed by atoms with Crippen LogP contribution in [0.3, 0.4) is 0 Å². The van der Waals surface area contributed by atoms with Crippen molar-refractivity contribution in [3.63, 3.8) is 0 Å². The van der Waals surface area contributed by atoms with Crippen LogP contribution in [0.25, 0.3) is 11.0 Å². The average Bonchev–Trinajstić information content (AvgIpc) is 2.66. The molecule has 0 aliphatic heterocycles. The molecule has 7 nitrogen and oxygen atoms in total. The van der Waals surface area contributed by atoms with E-state index in [1.54, 1.807) is 49.5 Å². The van der Waals surface area contributed by atoms with Gasteiger partial charge in [-0.3, -0.25) is 9.59 Å². The summed E-state index contributed by atoms with van der Waals surface area (Å²) in [6.45, 7) is 3.78. The van der Waals surface area contributed by atoms with E-state index in [0.717, 1.165) is 6.07 Å². The van der Waals surface area contributed by atoms with Gasteiger partial charge in [-0.15, -0.1) is 0 Å². The second-order valence-corrected chi connectivity index (χ2v) is 6.41. The second kappa shape index (κ2) is 7.96. The number of rotatable bonds is 5. The Kier molecular flexibility index (Phi) is 5.44. The number of amides is 2. The van der Waals surface area contributed by atoms with Crippen LogP contribution in [-0.4, -0.2) is 25.0 Å². The van der Waals surface area contributed by atoms with E-state index >= 15 is 0 Å². The molecule has 2 aromatic carbocycles. The van der Waals surface area contributed by atoms with Gasteiger partial charge in [0, 0.05) is 35.8 Å². The second-order valence-electron chi connectivity index (χ2n) is 6.41. The Labute approximate surface area is 161 Å². The van der Waals surface area contributed by atoms with Crippen molar-refractivity contribution in [2.24, 2.45) is 0 Å². The first-order chi connectivity index (χ1) is 13.4. The van der Waals surface area contributed by atoms with Crippen LogP contribution in [0.15, 0.2) is 57.7 Å². The SMILES string of the molecule is CNC(=O)c1ccc(NC(=O)c2cc(=O)oc3cc(OC(C)C)ccc23)cc1. The largest absolute Gasteiger partial charge is 0.491 e. The molecule has 0 aliphatic rings. The lowest BCUT2D eigenvalue weighted by molar-refractivity contribution is 0.0962. The van der Waals surface area contributed by atoms with E-state index in [0.29, 0.717) is 22.4 Å². The standard InChI is InChI=1S/C21H20N2O5/c1-12(2)27-15-8-9-16-17(11-19(24)28-18(16)10-15)21(26)23-14-6-4-13(5-7-14)20(25)22-3/h4-12H,1-3H3,(H,22,25)(H,23,26). The Bertz CT molecular complexity index is 1080. The molecule has 0 saturated heterocycles. The first kappa shape index (κ1) is 19.2. The van der Waals surface area contributed by atoms with Gasteiger partial charge in [0.1, 0.15) is 11.3 Å². The summed E-state index contributed by atoms with van der Waals surface area (Å²) in [7, 11) is 1.54. The molecular formula is C21H20N2O5. The van der Waals surface area contributed by atoms with Crippen LogP contribution in [0.2, 0.25) is 0 Å². The minimum atomic E-state index is -0.630. The van der Waals surface area contributed by atoms with Gasteiger partial charge in [0.05, 0.1) is 11.7 Å². The van der Waals surface area contributed by atoms with E-state index < -0.39 is 11.5 Å². The van der Waals surface area contributed by atoms with Crippen LogP contribution < -0.4 is 21.0 Å². The number of hydrogen-bond acceptors (Lipinski definition) is 5. The summed E-state index contributed by atoms with van der Waals surface area (Å²) < 4.78 is 10.8. The molecule has 0 radical (unpaired) electrons. The van der Waals surface area contributed by atoms with Crippen molar-refractivity contribution in [3.8, 4) is 5.75 Å². The van der Waals surface area contributed by atoms with Crippen molar-refractivity contribution in [2.45, 2.75) is 20.0 Å². The molecule has 0 fully saturated rings. The molecule has 1 aromatic heterocycles. The van der Waals surface area contributed by atoms with Gasteiger partial charge in [-0.2, -0.15) is 0 Å². The maximum Gasteiger partial charge on any atom is 0.337 e. The molecule has 0 spiro atoms. The molecule has 1 heterocycles. The fourth-order valence-electron chi connectivity index (χ4n) is 2.72. The highest BCUT2D eigenvalue weighted by molar-refractivity contribution is 6.12. The van der Waals surface area contributed by atoms with Crippen molar-refractivity contribution in [1.29, 1.82) is 0 Å². The topological polar surface area (TPSA) is 97.6 Å². The van der Waals surface area contributed by atoms with E-state index in [1.165, 1.54) is 0 Å². The van der Waals surface area contributed by atoms with Crippen LogP contribution in [0.5, 0.6) is 5.75 Å². The highest BCUT2D eigenvalue weighted by atomic mass is 16.5. The molecule has 0 atom stereocenters. The van der Waals surface area contributed by atoms with Crippen LogP contribution >= 0.6 is 0 Å². The van der Waals surface area contributed by atoms with E-state index in [1.807, 2.05) is 13.8 Å². The highest BCUT2D eigenvalue weighted by Crippen LogP contribution is 2.24. The normalized spacial score (nSPS) is 10.7. The van der Waals surface area contributed by atoms with Crippen molar-refractivity contribution < 1.29 is 18.7 Å². The maximum absolute atomic E-state index is 12.7. The Hall–Kier alpha value is -3.61. The molecule has 7 heteroatoms. The molecule has 3 aromatic rings. The minimum Gasteiger partial charge on any atom is -0.491 e. The van der Waals surface area contributed by atoms with E-state index in [4.69, 9.17) is 9.15 Å². The fraction of sp³-hybridized carbons (Fsp3) is 0.190. The zero-order valence-corrected chi connectivity index (χ0v) is 15.7. The molecule has 2 N–H and O–H groups in total. The maximum atomic E-state index is 12.7. The average molecular weight is 380 g/mol. The van der Waals surface area contributed by atoms with Gasteiger partial charge in [-0.05, 0) is 50.2 Å². The number of carbonyl (C=O) groups excluding carboxylic acids is 2. The third kappa shape index (κ3) is 4.20. The predicted molar refractivity (Wildman–Crippen MR) is 106 cm³/mol. The van der Waals surface area contributed by atoms with Crippen LogP contribution in [0.1, 0.15) is 34.6 Å². The zero-order valence-electron chi connectivity index (χ0n) is 15.7. The summed E-state index contributed by atoms with van der Waals surface area (Å²) in [4.78, 5) is 36.2. The van der Waals surface area contributed by atoms with Gasteiger partial charge in [0.25, 0.3) is 11.8 Å². The quantitative estimate of drug-likeness (QED) is 0.663. The Balaban J connectivity index is 1.90. The Morgan fingerprint density at radius 1 is 1.00 bits per heavy atom.